The molecule has 1 amide bonds. The summed E-state index contributed by atoms with van der Waals surface area (Å²) in [6.45, 7) is 0.716. The number of halogens is 7. The Morgan fingerprint density at radius 1 is 1.19 bits per heavy atom. The Labute approximate surface area is 200 Å². The van der Waals surface area contributed by atoms with Crippen molar-refractivity contribution in [1.29, 1.82) is 0 Å². The highest BCUT2D eigenvalue weighted by Gasteiger charge is 2.86. The van der Waals surface area contributed by atoms with Gasteiger partial charge in [-0.2, -0.15) is 27.1 Å². The number of rotatable bonds is 6. The lowest BCUT2D eigenvalue weighted by molar-refractivity contribution is -0.202. The van der Waals surface area contributed by atoms with E-state index in [1.165, 1.54) is 0 Å². The van der Waals surface area contributed by atoms with Gasteiger partial charge in [-0.1, -0.05) is 0 Å². The number of aromatic nitrogens is 3. The Balaban J connectivity index is 1.75. The zero-order valence-corrected chi connectivity index (χ0v) is 19.6. The molecular weight excluding hydrogens is 523 g/mol. The molecule has 16 heteroatoms. The van der Waals surface area contributed by atoms with E-state index in [0.29, 0.717) is 11.6 Å². The lowest BCUT2D eigenvalue weighted by Crippen LogP contribution is -2.31. The zero-order chi connectivity index (χ0) is 27.1. The molecular formula is C20H20F7N5O3S. The van der Waals surface area contributed by atoms with Gasteiger partial charge >= 0.3 is 6.18 Å². The first-order chi connectivity index (χ1) is 16.2. The third-order valence-corrected chi connectivity index (χ3v) is 7.59. The van der Waals surface area contributed by atoms with E-state index in [2.05, 4.69) is 15.4 Å². The first kappa shape index (κ1) is 26.3. The molecule has 2 unspecified atom stereocenters. The molecule has 2 aromatic rings. The summed E-state index contributed by atoms with van der Waals surface area (Å²) < 4.78 is 122. The highest BCUT2D eigenvalue weighted by atomic mass is 32.2. The number of nitrogens with two attached hydrogens (primary N) is 1. The molecule has 0 aromatic carbocycles. The number of hydrogen-bond acceptors (Lipinski definition) is 5. The van der Waals surface area contributed by atoms with Crippen molar-refractivity contribution in [3.05, 3.63) is 35.3 Å². The summed E-state index contributed by atoms with van der Waals surface area (Å²) in [6, 6.07) is 2.04. The van der Waals surface area contributed by atoms with E-state index >= 15 is 0 Å². The van der Waals surface area contributed by atoms with Crippen molar-refractivity contribution in [2.24, 2.45) is 16.0 Å². The largest absolute Gasteiger partial charge is 0.395 e. The molecule has 2 heterocycles. The van der Waals surface area contributed by atoms with E-state index in [4.69, 9.17) is 5.14 Å². The standard InChI is InChI=1S/C20H20F7N5O3S/c1-10-13(15(33)30-11-3-4-29-12(5-11)36(28,34)35)32(31-14(10)16(2,21)22)9-17-6-18(17,20(25,26)27)8-19(23,24)7-17/h3-5H,6-9H2,1-2H3,(H2,28,34,35)(H,29,30,33). The van der Waals surface area contributed by atoms with Gasteiger partial charge in [-0.3, -0.25) is 9.48 Å². The average molecular weight is 543 g/mol. The van der Waals surface area contributed by atoms with E-state index < -0.39 is 87.0 Å². The van der Waals surface area contributed by atoms with E-state index in [9.17, 15) is 43.9 Å². The maximum Gasteiger partial charge on any atom is 0.395 e. The fraction of sp³-hybridized carbons (Fsp3) is 0.550. The maximum absolute atomic E-state index is 14.2. The second-order valence-electron chi connectivity index (χ2n) is 9.50. The molecule has 8 nitrogen and oxygen atoms in total. The van der Waals surface area contributed by atoms with E-state index in [0.717, 1.165) is 25.3 Å². The Kier molecular flexibility index (Phi) is 5.58. The fourth-order valence-electron chi connectivity index (χ4n) is 5.27. The number of anilines is 1. The molecule has 2 fully saturated rings. The molecule has 2 aliphatic rings. The number of sulfonamides is 1. The van der Waals surface area contributed by atoms with Crippen LogP contribution in [0, 0.1) is 17.8 Å². The van der Waals surface area contributed by atoms with E-state index in [-0.39, 0.29) is 11.3 Å². The highest BCUT2D eigenvalue weighted by molar-refractivity contribution is 7.89. The van der Waals surface area contributed by atoms with Gasteiger partial charge in [0.15, 0.2) is 5.03 Å². The summed E-state index contributed by atoms with van der Waals surface area (Å²) in [6.07, 6.45) is -7.21. The van der Waals surface area contributed by atoms with Crippen molar-refractivity contribution < 1.29 is 43.9 Å². The van der Waals surface area contributed by atoms with Crippen LogP contribution in [0.5, 0.6) is 0 Å². The number of nitrogens with one attached hydrogen (secondary N) is 1. The molecule has 0 saturated heterocycles. The van der Waals surface area contributed by atoms with Gasteiger partial charge in [0.25, 0.3) is 21.9 Å². The molecule has 2 atom stereocenters. The van der Waals surface area contributed by atoms with Crippen LogP contribution in [-0.2, 0) is 22.5 Å². The van der Waals surface area contributed by atoms with Crippen LogP contribution in [0.3, 0.4) is 0 Å². The molecule has 198 valence electrons. The summed E-state index contributed by atoms with van der Waals surface area (Å²) in [4.78, 5) is 16.6. The quantitative estimate of drug-likeness (QED) is 0.535. The van der Waals surface area contributed by atoms with Crippen molar-refractivity contribution >= 4 is 21.6 Å². The highest BCUT2D eigenvalue weighted by Crippen LogP contribution is 2.82. The van der Waals surface area contributed by atoms with Gasteiger partial charge in [0, 0.05) is 55.2 Å². The van der Waals surface area contributed by atoms with Crippen molar-refractivity contribution in [2.75, 3.05) is 5.32 Å². The van der Waals surface area contributed by atoms with Crippen LogP contribution in [-0.4, -0.2) is 41.2 Å². The van der Waals surface area contributed by atoms with Crippen LogP contribution in [0.2, 0.25) is 0 Å². The van der Waals surface area contributed by atoms with Crippen LogP contribution in [0.25, 0.3) is 0 Å². The Morgan fingerprint density at radius 2 is 1.83 bits per heavy atom. The summed E-state index contributed by atoms with van der Waals surface area (Å²) >= 11 is 0. The number of hydrogen-bond donors (Lipinski definition) is 2. The normalized spacial score (nSPS) is 25.5. The van der Waals surface area contributed by atoms with Gasteiger partial charge in [-0.05, 0) is 19.4 Å². The zero-order valence-electron chi connectivity index (χ0n) is 18.8. The number of fused-ring (bicyclic) bond motifs is 1. The first-order valence-electron chi connectivity index (χ1n) is 10.4. The van der Waals surface area contributed by atoms with Gasteiger partial charge in [-0.15, -0.1) is 0 Å². The van der Waals surface area contributed by atoms with E-state index in [1.54, 1.807) is 0 Å². The average Bonchev–Trinajstić information content (AvgIpc) is 3.02. The molecule has 2 aromatic heterocycles. The second-order valence-corrected chi connectivity index (χ2v) is 11.0. The Morgan fingerprint density at radius 3 is 2.39 bits per heavy atom. The maximum atomic E-state index is 14.2. The fourth-order valence-corrected chi connectivity index (χ4v) is 5.77. The molecule has 0 spiro atoms. The van der Waals surface area contributed by atoms with Crippen molar-refractivity contribution in [3.8, 4) is 0 Å². The minimum absolute atomic E-state index is 0.169. The SMILES string of the molecule is Cc1c(C(C)(F)F)nn(CC23CC(F)(F)CC2(C(F)(F)F)C3)c1C(=O)Nc1ccnc(S(N)(=O)=O)c1. The third kappa shape index (κ3) is 4.23. The number of carbonyl (C=O) groups is 1. The van der Waals surface area contributed by atoms with Crippen molar-refractivity contribution in [3.63, 3.8) is 0 Å². The summed E-state index contributed by atoms with van der Waals surface area (Å²) in [5.41, 5.74) is -6.78. The topological polar surface area (TPSA) is 120 Å². The minimum atomic E-state index is -4.98. The number of carbonyl (C=O) groups excluding carboxylic acids is 1. The second kappa shape index (κ2) is 7.63. The first-order valence-corrected chi connectivity index (χ1v) is 12.0. The number of amides is 1. The number of pyridine rings is 1. The predicted octanol–water partition coefficient (Wildman–Crippen LogP) is 3.97. The predicted molar refractivity (Wildman–Crippen MR) is 110 cm³/mol. The van der Waals surface area contributed by atoms with Crippen LogP contribution in [0.4, 0.5) is 36.4 Å². The third-order valence-electron chi connectivity index (χ3n) is 6.79. The number of alkyl halides is 7. The molecule has 0 radical (unpaired) electrons. The summed E-state index contributed by atoms with van der Waals surface area (Å²) in [7, 11) is -4.26. The minimum Gasteiger partial charge on any atom is -0.321 e. The summed E-state index contributed by atoms with van der Waals surface area (Å²) in [5, 5.41) is 10.3. The number of nitrogens with zero attached hydrogens (tertiary/aromatic N) is 3. The molecule has 0 bridgehead atoms. The van der Waals surface area contributed by atoms with Crippen LogP contribution < -0.4 is 10.5 Å². The van der Waals surface area contributed by atoms with Crippen molar-refractivity contribution in [1.82, 2.24) is 14.8 Å². The lowest BCUT2D eigenvalue weighted by atomic mass is 9.95. The van der Waals surface area contributed by atoms with Crippen molar-refractivity contribution in [2.45, 2.75) is 62.7 Å². The smallest absolute Gasteiger partial charge is 0.321 e. The van der Waals surface area contributed by atoms with Gasteiger partial charge in [0.2, 0.25) is 5.92 Å². The molecule has 36 heavy (non-hydrogen) atoms. The lowest BCUT2D eigenvalue weighted by Gasteiger charge is -2.21. The van der Waals surface area contributed by atoms with Crippen LogP contribution >= 0.6 is 0 Å². The van der Waals surface area contributed by atoms with Crippen LogP contribution in [0.15, 0.2) is 23.4 Å². The Hall–Kier alpha value is -2.75. The summed E-state index contributed by atoms with van der Waals surface area (Å²) in [5.74, 6) is -8.36. The molecule has 0 aliphatic heterocycles. The van der Waals surface area contributed by atoms with Gasteiger partial charge in [-0.25, -0.2) is 27.3 Å². The van der Waals surface area contributed by atoms with Gasteiger partial charge in [0.1, 0.15) is 11.4 Å². The van der Waals surface area contributed by atoms with Gasteiger partial charge in [0.05, 0.1) is 5.41 Å². The molecule has 4 rings (SSSR count). The monoisotopic (exact) mass is 543 g/mol. The van der Waals surface area contributed by atoms with Crippen LogP contribution in [0.1, 0.15) is 47.9 Å². The molecule has 2 aliphatic carbocycles. The Bertz CT molecular complexity index is 1350. The van der Waals surface area contributed by atoms with E-state index in [1.807, 2.05) is 0 Å². The number of primary sulfonamides is 1. The molecule has 2 saturated carbocycles. The molecule has 3 N–H and O–H groups in total. The van der Waals surface area contributed by atoms with Gasteiger partial charge < -0.3 is 5.32 Å².